The topological polar surface area (TPSA) is 25.8 Å². The molecule has 0 amide bonds. The summed E-state index contributed by atoms with van der Waals surface area (Å²) in [6, 6.07) is 8.13. The molecule has 0 aliphatic heterocycles. The molecule has 2 heterocycles. The van der Waals surface area contributed by atoms with Gasteiger partial charge in [-0.15, -0.1) is 11.3 Å². The number of aromatic nitrogens is 2. The molecule has 0 bridgehead atoms. The standard InChI is InChI=1S/C14H10BrClN2S/c1-7-5-9-12(10(15)6-7)17-14(18-13(9)16)11-4-3-8(2)19-11/h3-6H,1-2H3. The van der Waals surface area contributed by atoms with Gasteiger partial charge in [0.25, 0.3) is 0 Å². The zero-order chi connectivity index (χ0) is 13.6. The molecule has 0 N–H and O–H groups in total. The SMILES string of the molecule is Cc1cc(Br)c2nc(-c3ccc(C)s3)nc(Cl)c2c1. The number of fused-ring (bicyclic) bond motifs is 1. The van der Waals surface area contributed by atoms with Gasteiger partial charge in [-0.2, -0.15) is 0 Å². The van der Waals surface area contributed by atoms with Crippen molar-refractivity contribution in [1.29, 1.82) is 0 Å². The van der Waals surface area contributed by atoms with Crippen molar-refractivity contribution in [3.8, 4) is 10.7 Å². The van der Waals surface area contributed by atoms with Crippen LogP contribution in [0.4, 0.5) is 0 Å². The van der Waals surface area contributed by atoms with E-state index in [1.54, 1.807) is 11.3 Å². The molecule has 2 aromatic heterocycles. The number of hydrogen-bond donors (Lipinski definition) is 0. The van der Waals surface area contributed by atoms with Gasteiger partial charge in [0, 0.05) is 14.7 Å². The average molecular weight is 354 g/mol. The molecule has 96 valence electrons. The van der Waals surface area contributed by atoms with E-state index in [1.165, 1.54) is 4.88 Å². The Kier molecular flexibility index (Phi) is 3.33. The number of nitrogens with zero attached hydrogens (tertiary/aromatic N) is 2. The van der Waals surface area contributed by atoms with Crippen molar-refractivity contribution in [2.45, 2.75) is 13.8 Å². The molecule has 5 heteroatoms. The summed E-state index contributed by atoms with van der Waals surface area (Å²) in [6.45, 7) is 4.09. The Labute approximate surface area is 128 Å². The number of aryl methyl sites for hydroxylation is 2. The van der Waals surface area contributed by atoms with Crippen LogP contribution < -0.4 is 0 Å². The summed E-state index contributed by atoms with van der Waals surface area (Å²) in [6.07, 6.45) is 0. The second-order valence-electron chi connectivity index (χ2n) is 4.39. The fourth-order valence-electron chi connectivity index (χ4n) is 1.95. The quantitative estimate of drug-likeness (QED) is 0.548. The molecule has 0 saturated heterocycles. The van der Waals surface area contributed by atoms with Gasteiger partial charge in [0.15, 0.2) is 5.82 Å². The van der Waals surface area contributed by atoms with Crippen LogP contribution in [-0.2, 0) is 0 Å². The second kappa shape index (κ2) is 4.85. The highest BCUT2D eigenvalue weighted by atomic mass is 79.9. The summed E-state index contributed by atoms with van der Waals surface area (Å²) in [5.41, 5.74) is 1.98. The molecule has 0 aliphatic carbocycles. The monoisotopic (exact) mass is 352 g/mol. The van der Waals surface area contributed by atoms with Crippen molar-refractivity contribution in [3.05, 3.63) is 44.3 Å². The van der Waals surface area contributed by atoms with Gasteiger partial charge in [-0.25, -0.2) is 9.97 Å². The summed E-state index contributed by atoms with van der Waals surface area (Å²) in [7, 11) is 0. The molecule has 0 spiro atoms. The van der Waals surface area contributed by atoms with Crippen molar-refractivity contribution in [1.82, 2.24) is 9.97 Å². The molecule has 0 unspecified atom stereocenters. The number of benzene rings is 1. The van der Waals surface area contributed by atoms with E-state index in [4.69, 9.17) is 11.6 Å². The number of thiophene rings is 1. The molecule has 0 fully saturated rings. The summed E-state index contributed by atoms with van der Waals surface area (Å²) in [5.74, 6) is 0.681. The molecule has 0 saturated carbocycles. The Morgan fingerprint density at radius 1 is 1.16 bits per heavy atom. The lowest BCUT2D eigenvalue weighted by molar-refractivity contribution is 1.23. The molecular weight excluding hydrogens is 344 g/mol. The third-order valence-corrected chi connectivity index (χ3v) is 4.70. The van der Waals surface area contributed by atoms with Crippen molar-refractivity contribution < 1.29 is 0 Å². The highest BCUT2D eigenvalue weighted by molar-refractivity contribution is 9.10. The number of halogens is 2. The summed E-state index contributed by atoms with van der Waals surface area (Å²) in [5, 5.41) is 1.38. The molecule has 19 heavy (non-hydrogen) atoms. The van der Waals surface area contributed by atoms with Crippen molar-refractivity contribution in [3.63, 3.8) is 0 Å². The van der Waals surface area contributed by atoms with Crippen molar-refractivity contribution in [2.75, 3.05) is 0 Å². The molecule has 0 radical (unpaired) electrons. The minimum absolute atomic E-state index is 0.496. The molecule has 2 nitrogen and oxygen atoms in total. The van der Waals surface area contributed by atoms with Crippen LogP contribution in [0.5, 0.6) is 0 Å². The lowest BCUT2D eigenvalue weighted by Gasteiger charge is -2.06. The maximum absolute atomic E-state index is 6.30. The van der Waals surface area contributed by atoms with Crippen LogP contribution in [0, 0.1) is 13.8 Å². The summed E-state index contributed by atoms with van der Waals surface area (Å²) in [4.78, 5) is 11.3. The molecule has 3 rings (SSSR count). The Hall–Kier alpha value is -0.970. The largest absolute Gasteiger partial charge is 0.226 e. The van der Waals surface area contributed by atoms with E-state index in [9.17, 15) is 0 Å². The van der Waals surface area contributed by atoms with Crippen molar-refractivity contribution in [2.24, 2.45) is 0 Å². The maximum Gasteiger partial charge on any atom is 0.171 e. The fourth-order valence-corrected chi connectivity index (χ4v) is 3.64. The fraction of sp³-hybridized carbons (Fsp3) is 0.143. The van der Waals surface area contributed by atoms with Gasteiger partial charge in [-0.05, 0) is 59.6 Å². The Morgan fingerprint density at radius 3 is 2.63 bits per heavy atom. The highest BCUT2D eigenvalue weighted by Gasteiger charge is 2.12. The van der Waals surface area contributed by atoms with Crippen LogP contribution in [0.2, 0.25) is 5.15 Å². The zero-order valence-corrected chi connectivity index (χ0v) is 13.5. The van der Waals surface area contributed by atoms with Crippen LogP contribution in [0.25, 0.3) is 21.6 Å². The van der Waals surface area contributed by atoms with Crippen LogP contribution in [0.3, 0.4) is 0 Å². The van der Waals surface area contributed by atoms with E-state index >= 15 is 0 Å². The van der Waals surface area contributed by atoms with E-state index in [0.717, 1.165) is 25.8 Å². The van der Waals surface area contributed by atoms with Gasteiger partial charge in [0.2, 0.25) is 0 Å². The maximum atomic E-state index is 6.30. The van der Waals surface area contributed by atoms with Gasteiger partial charge in [0.1, 0.15) is 5.15 Å². The van der Waals surface area contributed by atoms with Crippen LogP contribution in [0.15, 0.2) is 28.7 Å². The van der Waals surface area contributed by atoms with Gasteiger partial charge >= 0.3 is 0 Å². The van der Waals surface area contributed by atoms with Gasteiger partial charge in [0.05, 0.1) is 10.4 Å². The predicted molar refractivity (Wildman–Crippen MR) is 85.0 cm³/mol. The average Bonchev–Trinajstić information content (AvgIpc) is 2.77. The molecule has 1 aromatic carbocycles. The molecule has 0 atom stereocenters. The summed E-state index contributed by atoms with van der Waals surface area (Å²) < 4.78 is 0.946. The first kappa shape index (κ1) is 13.0. The minimum Gasteiger partial charge on any atom is -0.226 e. The van der Waals surface area contributed by atoms with E-state index in [1.807, 2.05) is 25.1 Å². The van der Waals surface area contributed by atoms with E-state index in [0.29, 0.717) is 11.0 Å². The third kappa shape index (κ3) is 2.40. The first-order valence-electron chi connectivity index (χ1n) is 5.75. The smallest absolute Gasteiger partial charge is 0.171 e. The molecular formula is C14H10BrClN2S. The minimum atomic E-state index is 0.496. The second-order valence-corrected chi connectivity index (χ2v) is 6.89. The Bertz CT molecular complexity index is 782. The number of rotatable bonds is 1. The first-order chi connectivity index (χ1) is 9.04. The normalized spacial score (nSPS) is 11.2. The molecule has 3 aromatic rings. The zero-order valence-electron chi connectivity index (χ0n) is 10.4. The third-order valence-electron chi connectivity index (χ3n) is 2.81. The lowest BCUT2D eigenvalue weighted by atomic mass is 10.2. The van der Waals surface area contributed by atoms with Crippen LogP contribution in [-0.4, -0.2) is 9.97 Å². The van der Waals surface area contributed by atoms with Gasteiger partial charge in [-0.3, -0.25) is 0 Å². The Morgan fingerprint density at radius 2 is 1.95 bits per heavy atom. The summed E-state index contributed by atoms with van der Waals surface area (Å²) >= 11 is 11.5. The molecule has 0 aliphatic rings. The van der Waals surface area contributed by atoms with Crippen LogP contribution >= 0.6 is 38.9 Å². The Balaban J connectivity index is 2.30. The van der Waals surface area contributed by atoms with Gasteiger partial charge in [-0.1, -0.05) is 11.6 Å². The number of hydrogen-bond acceptors (Lipinski definition) is 3. The highest BCUT2D eigenvalue weighted by Crippen LogP contribution is 2.32. The van der Waals surface area contributed by atoms with Crippen molar-refractivity contribution >= 4 is 49.8 Å². The van der Waals surface area contributed by atoms with Gasteiger partial charge < -0.3 is 0 Å². The van der Waals surface area contributed by atoms with Crippen LogP contribution in [0.1, 0.15) is 10.4 Å². The van der Waals surface area contributed by atoms with E-state index in [-0.39, 0.29) is 0 Å². The first-order valence-corrected chi connectivity index (χ1v) is 7.73. The predicted octanol–water partition coefficient (Wildman–Crippen LogP) is 5.39. The van der Waals surface area contributed by atoms with E-state index in [2.05, 4.69) is 38.9 Å². The lowest BCUT2D eigenvalue weighted by Crippen LogP contribution is -1.92. The van der Waals surface area contributed by atoms with E-state index < -0.39 is 0 Å².